The highest BCUT2D eigenvalue weighted by atomic mass is 35.5. The van der Waals surface area contributed by atoms with Crippen LogP contribution in [0.1, 0.15) is 15.9 Å². The maximum absolute atomic E-state index is 10.8. The van der Waals surface area contributed by atoms with Crippen molar-refractivity contribution in [2.24, 2.45) is 0 Å². The Morgan fingerprint density at radius 2 is 2.00 bits per heavy atom. The number of nitrogens with zero attached hydrogens (tertiary/aromatic N) is 1. The van der Waals surface area contributed by atoms with Crippen LogP contribution in [-0.4, -0.2) is 13.4 Å². The van der Waals surface area contributed by atoms with E-state index >= 15 is 0 Å². The SMILES string of the molecule is COc1cc(Oc2cc(Cl)ccc2C#N)ccc1C=O. The highest BCUT2D eigenvalue weighted by Crippen LogP contribution is 2.31. The van der Waals surface area contributed by atoms with Crippen molar-refractivity contribution in [3.63, 3.8) is 0 Å². The van der Waals surface area contributed by atoms with E-state index in [1.807, 2.05) is 6.07 Å². The molecular weight excluding hydrogens is 278 g/mol. The number of carbonyl (C=O) groups is 1. The van der Waals surface area contributed by atoms with E-state index in [9.17, 15) is 4.79 Å². The molecule has 0 saturated carbocycles. The second kappa shape index (κ2) is 6.09. The molecule has 0 spiro atoms. The molecule has 2 rings (SSSR count). The number of ether oxygens (including phenoxy) is 2. The molecule has 2 aromatic rings. The molecule has 0 unspecified atom stereocenters. The summed E-state index contributed by atoms with van der Waals surface area (Å²) in [6, 6.07) is 11.5. The van der Waals surface area contributed by atoms with Gasteiger partial charge in [-0.05, 0) is 24.3 Å². The van der Waals surface area contributed by atoms with E-state index in [4.69, 9.17) is 26.3 Å². The van der Waals surface area contributed by atoms with Crippen molar-refractivity contribution in [2.45, 2.75) is 0 Å². The molecule has 2 aromatic carbocycles. The van der Waals surface area contributed by atoms with Gasteiger partial charge in [0.2, 0.25) is 0 Å². The van der Waals surface area contributed by atoms with E-state index in [2.05, 4.69) is 0 Å². The largest absolute Gasteiger partial charge is 0.496 e. The van der Waals surface area contributed by atoms with Crippen LogP contribution in [0.5, 0.6) is 17.2 Å². The highest BCUT2D eigenvalue weighted by Gasteiger charge is 2.08. The van der Waals surface area contributed by atoms with Gasteiger partial charge in [0, 0.05) is 17.2 Å². The predicted molar refractivity (Wildman–Crippen MR) is 74.6 cm³/mol. The minimum atomic E-state index is 0.348. The van der Waals surface area contributed by atoms with Crippen LogP contribution in [-0.2, 0) is 0 Å². The van der Waals surface area contributed by atoms with Crippen LogP contribution in [0.15, 0.2) is 36.4 Å². The Labute approximate surface area is 121 Å². The van der Waals surface area contributed by atoms with E-state index < -0.39 is 0 Å². The Hall–Kier alpha value is -2.51. The molecule has 4 nitrogen and oxygen atoms in total. The first kappa shape index (κ1) is 13.9. The van der Waals surface area contributed by atoms with Crippen molar-refractivity contribution in [2.75, 3.05) is 7.11 Å². The molecule has 0 aliphatic heterocycles. The quantitative estimate of drug-likeness (QED) is 0.802. The second-order valence-corrected chi connectivity index (χ2v) is 4.31. The van der Waals surface area contributed by atoms with Crippen LogP contribution in [0.25, 0.3) is 0 Å². The van der Waals surface area contributed by atoms with Crippen LogP contribution in [0.2, 0.25) is 5.02 Å². The third-order valence-corrected chi connectivity index (χ3v) is 2.86. The number of nitriles is 1. The summed E-state index contributed by atoms with van der Waals surface area (Å²) in [7, 11) is 1.46. The summed E-state index contributed by atoms with van der Waals surface area (Å²) >= 11 is 5.89. The smallest absolute Gasteiger partial charge is 0.153 e. The fourth-order valence-electron chi connectivity index (χ4n) is 1.65. The minimum absolute atomic E-state index is 0.348. The van der Waals surface area contributed by atoms with Crippen LogP contribution in [0, 0.1) is 11.3 Å². The average molecular weight is 288 g/mol. The van der Waals surface area contributed by atoms with Gasteiger partial charge < -0.3 is 9.47 Å². The summed E-state index contributed by atoms with van der Waals surface area (Å²) in [4.78, 5) is 10.8. The lowest BCUT2D eigenvalue weighted by Gasteiger charge is -2.10. The summed E-state index contributed by atoms with van der Waals surface area (Å²) < 4.78 is 10.7. The summed E-state index contributed by atoms with van der Waals surface area (Å²) in [5.74, 6) is 1.20. The van der Waals surface area contributed by atoms with Crippen molar-refractivity contribution in [3.05, 3.63) is 52.5 Å². The summed E-state index contributed by atoms with van der Waals surface area (Å²) in [5.41, 5.74) is 0.791. The molecule has 0 fully saturated rings. The lowest BCUT2D eigenvalue weighted by molar-refractivity contribution is 0.112. The molecule has 0 amide bonds. The van der Waals surface area contributed by atoms with Crippen LogP contribution in [0.3, 0.4) is 0 Å². The standard InChI is InChI=1S/C15H10ClNO3/c1-19-14-7-13(5-3-11(14)9-18)20-15-6-12(16)4-2-10(15)8-17/h2-7,9H,1H3. The monoisotopic (exact) mass is 287 g/mol. The molecule has 0 aliphatic carbocycles. The number of methoxy groups -OCH3 is 1. The Balaban J connectivity index is 2.38. The van der Waals surface area contributed by atoms with E-state index in [-0.39, 0.29) is 0 Å². The Bertz CT molecular complexity index is 692. The van der Waals surface area contributed by atoms with E-state index in [0.29, 0.717) is 39.7 Å². The fraction of sp³-hybridized carbons (Fsp3) is 0.0667. The Morgan fingerprint density at radius 3 is 2.65 bits per heavy atom. The summed E-state index contributed by atoms with van der Waals surface area (Å²) in [5, 5.41) is 9.49. The van der Waals surface area contributed by atoms with Gasteiger partial charge in [-0.2, -0.15) is 5.26 Å². The van der Waals surface area contributed by atoms with Gasteiger partial charge in [0.1, 0.15) is 23.3 Å². The third kappa shape index (κ3) is 2.90. The van der Waals surface area contributed by atoms with Crippen molar-refractivity contribution >= 4 is 17.9 Å². The zero-order valence-corrected chi connectivity index (χ0v) is 11.3. The molecule has 20 heavy (non-hydrogen) atoms. The number of hydrogen-bond donors (Lipinski definition) is 0. The number of hydrogen-bond acceptors (Lipinski definition) is 4. The first-order valence-corrected chi connectivity index (χ1v) is 6.06. The number of benzene rings is 2. The van der Waals surface area contributed by atoms with Crippen LogP contribution in [0.4, 0.5) is 0 Å². The van der Waals surface area contributed by atoms with Gasteiger partial charge in [-0.3, -0.25) is 4.79 Å². The molecule has 0 heterocycles. The molecule has 0 saturated heterocycles. The van der Waals surface area contributed by atoms with Crippen molar-refractivity contribution < 1.29 is 14.3 Å². The first-order chi connectivity index (χ1) is 9.67. The van der Waals surface area contributed by atoms with Gasteiger partial charge in [0.25, 0.3) is 0 Å². The first-order valence-electron chi connectivity index (χ1n) is 5.68. The molecule has 100 valence electrons. The number of halogens is 1. The summed E-state index contributed by atoms with van der Waals surface area (Å²) in [6.45, 7) is 0. The lowest BCUT2D eigenvalue weighted by Crippen LogP contribution is -1.93. The molecule has 0 atom stereocenters. The van der Waals surface area contributed by atoms with Gasteiger partial charge >= 0.3 is 0 Å². The van der Waals surface area contributed by atoms with Crippen molar-refractivity contribution in [1.29, 1.82) is 5.26 Å². The van der Waals surface area contributed by atoms with Gasteiger partial charge in [-0.1, -0.05) is 11.6 Å². The maximum atomic E-state index is 10.8. The summed E-state index contributed by atoms with van der Waals surface area (Å²) in [6.07, 6.45) is 0.697. The zero-order chi connectivity index (χ0) is 14.5. The van der Waals surface area contributed by atoms with Crippen LogP contribution < -0.4 is 9.47 Å². The maximum Gasteiger partial charge on any atom is 0.153 e. The topological polar surface area (TPSA) is 59.3 Å². The molecule has 0 aromatic heterocycles. The number of aldehydes is 1. The van der Waals surface area contributed by atoms with E-state index in [1.165, 1.54) is 7.11 Å². The van der Waals surface area contributed by atoms with Crippen molar-refractivity contribution in [3.8, 4) is 23.3 Å². The Kier molecular flexibility index (Phi) is 4.24. The molecule has 5 heteroatoms. The minimum Gasteiger partial charge on any atom is -0.496 e. The average Bonchev–Trinajstić information content (AvgIpc) is 2.47. The molecule has 0 bridgehead atoms. The Morgan fingerprint density at radius 1 is 1.20 bits per heavy atom. The normalized spacial score (nSPS) is 9.65. The zero-order valence-electron chi connectivity index (χ0n) is 10.6. The van der Waals surface area contributed by atoms with E-state index in [1.54, 1.807) is 36.4 Å². The molecule has 0 aliphatic rings. The third-order valence-electron chi connectivity index (χ3n) is 2.62. The van der Waals surface area contributed by atoms with Gasteiger partial charge in [-0.15, -0.1) is 0 Å². The molecule has 0 radical (unpaired) electrons. The highest BCUT2D eigenvalue weighted by molar-refractivity contribution is 6.30. The predicted octanol–water partition coefficient (Wildman–Crippen LogP) is 3.83. The lowest BCUT2D eigenvalue weighted by atomic mass is 10.2. The number of rotatable bonds is 4. The van der Waals surface area contributed by atoms with Crippen molar-refractivity contribution in [1.82, 2.24) is 0 Å². The second-order valence-electron chi connectivity index (χ2n) is 3.88. The van der Waals surface area contributed by atoms with Gasteiger partial charge in [0.05, 0.1) is 18.2 Å². The van der Waals surface area contributed by atoms with Crippen LogP contribution >= 0.6 is 11.6 Å². The molecule has 0 N–H and O–H groups in total. The van der Waals surface area contributed by atoms with E-state index in [0.717, 1.165) is 0 Å². The fourth-order valence-corrected chi connectivity index (χ4v) is 1.81. The molecular formula is C15H10ClNO3. The van der Waals surface area contributed by atoms with Gasteiger partial charge in [-0.25, -0.2) is 0 Å². The number of carbonyl (C=O) groups excluding carboxylic acids is 1. The van der Waals surface area contributed by atoms with Gasteiger partial charge in [0.15, 0.2) is 6.29 Å².